The summed E-state index contributed by atoms with van der Waals surface area (Å²) in [5.41, 5.74) is 25.3. The highest BCUT2D eigenvalue weighted by Crippen LogP contribution is 2.54. The fraction of sp³-hybridized carbons (Fsp3) is 0.141. The zero-order valence-corrected chi connectivity index (χ0v) is 37.8. The standard InChI is InChI=1S/C64H49N/c1-62(2)54-14-10-9-13-53(54)61-55(62)29-30-60(65-61)48-24-28-52-51-27-23-47(36-58(51)64(5,6)59(52)37-48)46-22-26-50-49-25-21-45(34-56(49)63(3,4)57(50)35-46)44-20-19-42-32-41(17-18-43(42)33-44)40-16-15-38-11-7-8-12-39(38)31-40/h7-37H,1-6H3. The average molecular weight is 832 g/mol. The Bertz CT molecular complexity index is 3690. The monoisotopic (exact) mass is 831 g/mol. The highest BCUT2D eigenvalue weighted by molar-refractivity contribution is 5.94. The van der Waals surface area contributed by atoms with Crippen molar-refractivity contribution in [3.8, 4) is 78.1 Å². The maximum Gasteiger partial charge on any atom is 0.0753 e. The lowest BCUT2D eigenvalue weighted by molar-refractivity contribution is 0.659. The molecule has 1 heteroatoms. The molecule has 0 saturated carbocycles. The first-order chi connectivity index (χ1) is 31.4. The third-order valence-electron chi connectivity index (χ3n) is 15.7. The molecule has 0 aliphatic heterocycles. The molecule has 3 aliphatic carbocycles. The number of hydrogen-bond donors (Lipinski definition) is 0. The van der Waals surface area contributed by atoms with Gasteiger partial charge in [-0.25, -0.2) is 4.98 Å². The van der Waals surface area contributed by atoms with Gasteiger partial charge in [-0.2, -0.15) is 0 Å². The molecule has 9 aromatic carbocycles. The number of hydrogen-bond acceptors (Lipinski definition) is 1. The van der Waals surface area contributed by atoms with Crippen LogP contribution in [0.5, 0.6) is 0 Å². The number of aromatic nitrogens is 1. The van der Waals surface area contributed by atoms with Crippen LogP contribution in [-0.4, -0.2) is 4.98 Å². The second-order valence-electron chi connectivity index (χ2n) is 20.4. The SMILES string of the molecule is CC1(C)c2cc(-c3ccc4c(c3)C(C)(C)c3cc(-c5ccc6c(n5)-c5ccccc5C6(C)C)ccc3-4)ccc2-c2ccc(-c3ccc4cc(-c5ccc6ccccc6c5)ccc4c3)cc21. The smallest absolute Gasteiger partial charge is 0.0753 e. The van der Waals surface area contributed by atoms with Crippen LogP contribution in [0.15, 0.2) is 188 Å². The van der Waals surface area contributed by atoms with Gasteiger partial charge in [-0.1, -0.05) is 181 Å². The second-order valence-corrected chi connectivity index (χ2v) is 20.4. The first-order valence-electron chi connectivity index (χ1n) is 23.2. The molecule has 0 bridgehead atoms. The van der Waals surface area contributed by atoms with Crippen LogP contribution in [0.2, 0.25) is 0 Å². The molecule has 1 aromatic heterocycles. The first kappa shape index (κ1) is 38.1. The number of pyridine rings is 1. The quantitative estimate of drug-likeness (QED) is 0.172. The van der Waals surface area contributed by atoms with E-state index < -0.39 is 0 Å². The van der Waals surface area contributed by atoms with Gasteiger partial charge in [-0.15, -0.1) is 0 Å². The van der Waals surface area contributed by atoms with Gasteiger partial charge in [0.05, 0.1) is 11.4 Å². The minimum absolute atomic E-state index is 0.0518. The van der Waals surface area contributed by atoms with Gasteiger partial charge in [0.15, 0.2) is 0 Å². The summed E-state index contributed by atoms with van der Waals surface area (Å²) in [6, 6.07) is 70.9. The van der Waals surface area contributed by atoms with Crippen LogP contribution in [0.3, 0.4) is 0 Å². The van der Waals surface area contributed by atoms with E-state index in [0.29, 0.717) is 0 Å². The van der Waals surface area contributed by atoms with Crippen LogP contribution >= 0.6 is 0 Å². The Morgan fingerprint density at radius 1 is 0.262 bits per heavy atom. The van der Waals surface area contributed by atoms with Gasteiger partial charge >= 0.3 is 0 Å². The molecule has 1 heterocycles. The van der Waals surface area contributed by atoms with E-state index >= 15 is 0 Å². The zero-order valence-electron chi connectivity index (χ0n) is 37.8. The molecule has 65 heavy (non-hydrogen) atoms. The molecule has 0 unspecified atom stereocenters. The van der Waals surface area contributed by atoms with Crippen LogP contribution in [0.1, 0.15) is 74.9 Å². The summed E-state index contributed by atoms with van der Waals surface area (Å²) in [5, 5.41) is 5.06. The molecule has 310 valence electrons. The van der Waals surface area contributed by atoms with Crippen LogP contribution in [-0.2, 0) is 16.2 Å². The van der Waals surface area contributed by atoms with Crippen LogP contribution < -0.4 is 0 Å². The number of rotatable bonds is 4. The van der Waals surface area contributed by atoms with E-state index in [-0.39, 0.29) is 16.2 Å². The maximum absolute atomic E-state index is 5.34. The fourth-order valence-electron chi connectivity index (χ4n) is 11.9. The van der Waals surface area contributed by atoms with E-state index in [4.69, 9.17) is 4.98 Å². The molecule has 1 nitrogen and oxygen atoms in total. The third kappa shape index (κ3) is 5.55. The molecule has 0 saturated heterocycles. The molecule has 0 radical (unpaired) electrons. The Morgan fingerprint density at radius 2 is 0.631 bits per heavy atom. The highest BCUT2D eigenvalue weighted by atomic mass is 14.7. The van der Waals surface area contributed by atoms with Crippen molar-refractivity contribution in [1.29, 1.82) is 0 Å². The summed E-state index contributed by atoms with van der Waals surface area (Å²) in [6.07, 6.45) is 0. The van der Waals surface area contributed by atoms with Crippen molar-refractivity contribution in [2.45, 2.75) is 57.8 Å². The second kappa shape index (κ2) is 13.3. The summed E-state index contributed by atoms with van der Waals surface area (Å²) in [7, 11) is 0. The predicted molar refractivity (Wildman–Crippen MR) is 274 cm³/mol. The zero-order chi connectivity index (χ0) is 44.0. The molecule has 0 fully saturated rings. The van der Waals surface area contributed by atoms with Crippen molar-refractivity contribution < 1.29 is 0 Å². The Balaban J connectivity index is 0.792. The van der Waals surface area contributed by atoms with E-state index in [2.05, 4.69) is 230 Å². The van der Waals surface area contributed by atoms with Gasteiger partial charge in [0, 0.05) is 27.4 Å². The Labute approximate surface area is 382 Å². The molecule has 3 aliphatic rings. The van der Waals surface area contributed by atoms with Crippen molar-refractivity contribution in [3.63, 3.8) is 0 Å². The fourth-order valence-corrected chi connectivity index (χ4v) is 11.9. The van der Waals surface area contributed by atoms with Crippen molar-refractivity contribution in [1.82, 2.24) is 4.98 Å². The molecule has 13 rings (SSSR count). The lowest BCUT2D eigenvalue weighted by atomic mass is 9.79. The molecule has 0 amide bonds. The van der Waals surface area contributed by atoms with Crippen LogP contribution in [0.4, 0.5) is 0 Å². The average Bonchev–Trinajstić information content (AvgIpc) is 3.81. The number of nitrogens with zero attached hydrogens (tertiary/aromatic N) is 1. The maximum atomic E-state index is 5.34. The normalized spacial score (nSPS) is 15.3. The Hall–Kier alpha value is -7.35. The van der Waals surface area contributed by atoms with Gasteiger partial charge < -0.3 is 0 Å². The van der Waals surface area contributed by atoms with Gasteiger partial charge in [0.25, 0.3) is 0 Å². The summed E-state index contributed by atoms with van der Waals surface area (Å²) < 4.78 is 0. The molecule has 10 aromatic rings. The minimum Gasteiger partial charge on any atom is -0.247 e. The summed E-state index contributed by atoms with van der Waals surface area (Å²) in [6.45, 7) is 14.2. The predicted octanol–water partition coefficient (Wildman–Crippen LogP) is 17.0. The van der Waals surface area contributed by atoms with E-state index in [0.717, 1.165) is 11.4 Å². The largest absolute Gasteiger partial charge is 0.247 e. The minimum atomic E-state index is -0.160. The van der Waals surface area contributed by atoms with Gasteiger partial charge in [-0.05, 0) is 159 Å². The van der Waals surface area contributed by atoms with Crippen LogP contribution in [0, 0.1) is 0 Å². The van der Waals surface area contributed by atoms with Crippen molar-refractivity contribution in [2.24, 2.45) is 0 Å². The molecule has 0 spiro atoms. The van der Waals surface area contributed by atoms with Gasteiger partial charge in [0.1, 0.15) is 0 Å². The molecule has 0 N–H and O–H groups in total. The van der Waals surface area contributed by atoms with Crippen molar-refractivity contribution >= 4 is 21.5 Å². The van der Waals surface area contributed by atoms with Crippen molar-refractivity contribution in [2.75, 3.05) is 0 Å². The Kier molecular flexibility index (Phi) is 7.83. The van der Waals surface area contributed by atoms with Crippen molar-refractivity contribution in [3.05, 3.63) is 221 Å². The lowest BCUT2D eigenvalue weighted by Gasteiger charge is -2.24. The van der Waals surface area contributed by atoms with E-state index in [9.17, 15) is 0 Å². The lowest BCUT2D eigenvalue weighted by Crippen LogP contribution is -2.16. The number of benzene rings is 9. The summed E-state index contributed by atoms with van der Waals surface area (Å²) in [5.74, 6) is 0. The number of fused-ring (bicyclic) bond motifs is 11. The van der Waals surface area contributed by atoms with Gasteiger partial charge in [-0.3, -0.25) is 0 Å². The van der Waals surface area contributed by atoms with Crippen LogP contribution in [0.25, 0.3) is 99.7 Å². The van der Waals surface area contributed by atoms with Gasteiger partial charge in [0.2, 0.25) is 0 Å². The van der Waals surface area contributed by atoms with E-state index in [1.165, 1.54) is 122 Å². The summed E-state index contributed by atoms with van der Waals surface area (Å²) >= 11 is 0. The molecule has 0 atom stereocenters. The van der Waals surface area contributed by atoms with E-state index in [1.807, 2.05) is 0 Å². The topological polar surface area (TPSA) is 12.9 Å². The highest BCUT2D eigenvalue weighted by Gasteiger charge is 2.39. The molecular weight excluding hydrogens is 783 g/mol. The Morgan fingerprint density at radius 3 is 1.15 bits per heavy atom. The van der Waals surface area contributed by atoms with E-state index in [1.54, 1.807) is 0 Å². The third-order valence-corrected chi connectivity index (χ3v) is 15.7. The molecular formula is C64H49N. The summed E-state index contributed by atoms with van der Waals surface area (Å²) in [4.78, 5) is 5.34. The first-order valence-corrected chi connectivity index (χ1v) is 23.2.